The second-order valence-corrected chi connectivity index (χ2v) is 6.06. The fourth-order valence-corrected chi connectivity index (χ4v) is 2.69. The fraction of sp³-hybridized carbons (Fsp3) is 0.750. The van der Waals surface area contributed by atoms with Crippen LogP contribution in [0.5, 0.6) is 5.88 Å². The number of aromatic nitrogens is 2. The molecular weight excluding hydrogens is 250 g/mol. The zero-order valence-electron chi connectivity index (χ0n) is 12.9. The van der Waals surface area contributed by atoms with Gasteiger partial charge in [-0.3, -0.25) is 4.98 Å². The molecule has 0 saturated heterocycles. The van der Waals surface area contributed by atoms with Crippen LogP contribution in [0, 0.1) is 5.92 Å². The SMILES string of the molecule is CCC1CCCC(Oc2cnc(CNC(C)C)cn2)C1. The molecule has 4 heteroatoms. The lowest BCUT2D eigenvalue weighted by Crippen LogP contribution is -2.25. The zero-order chi connectivity index (χ0) is 14.4. The fourth-order valence-electron chi connectivity index (χ4n) is 2.69. The van der Waals surface area contributed by atoms with E-state index in [0.717, 1.165) is 31.0 Å². The van der Waals surface area contributed by atoms with Crippen molar-refractivity contribution in [3.05, 3.63) is 18.1 Å². The lowest BCUT2D eigenvalue weighted by Gasteiger charge is -2.28. The van der Waals surface area contributed by atoms with Crippen LogP contribution in [-0.2, 0) is 6.54 Å². The summed E-state index contributed by atoms with van der Waals surface area (Å²) >= 11 is 0. The Morgan fingerprint density at radius 2 is 2.15 bits per heavy atom. The maximum Gasteiger partial charge on any atom is 0.232 e. The van der Waals surface area contributed by atoms with Crippen molar-refractivity contribution in [2.45, 2.75) is 71.6 Å². The third-order valence-corrected chi connectivity index (χ3v) is 3.97. The molecule has 20 heavy (non-hydrogen) atoms. The summed E-state index contributed by atoms with van der Waals surface area (Å²) in [5.74, 6) is 1.48. The normalized spacial score (nSPS) is 23.0. The molecule has 0 amide bonds. The van der Waals surface area contributed by atoms with E-state index in [-0.39, 0.29) is 0 Å². The average Bonchev–Trinajstić information content (AvgIpc) is 2.47. The summed E-state index contributed by atoms with van der Waals surface area (Å²) in [6, 6.07) is 0.459. The van der Waals surface area contributed by atoms with Crippen molar-refractivity contribution < 1.29 is 4.74 Å². The van der Waals surface area contributed by atoms with Gasteiger partial charge < -0.3 is 10.1 Å². The van der Waals surface area contributed by atoms with E-state index >= 15 is 0 Å². The van der Waals surface area contributed by atoms with E-state index in [0.29, 0.717) is 18.0 Å². The van der Waals surface area contributed by atoms with Gasteiger partial charge >= 0.3 is 0 Å². The molecule has 1 aliphatic carbocycles. The highest BCUT2D eigenvalue weighted by Crippen LogP contribution is 2.28. The molecule has 1 aromatic rings. The number of ether oxygens (including phenoxy) is 1. The molecule has 1 saturated carbocycles. The van der Waals surface area contributed by atoms with Crippen molar-refractivity contribution in [1.82, 2.24) is 15.3 Å². The largest absolute Gasteiger partial charge is 0.473 e. The number of hydrogen-bond donors (Lipinski definition) is 1. The molecule has 112 valence electrons. The second kappa shape index (κ2) is 7.58. The van der Waals surface area contributed by atoms with E-state index < -0.39 is 0 Å². The van der Waals surface area contributed by atoms with Crippen LogP contribution in [0.25, 0.3) is 0 Å². The number of nitrogens with one attached hydrogen (secondary N) is 1. The van der Waals surface area contributed by atoms with E-state index in [1.165, 1.54) is 19.3 Å². The summed E-state index contributed by atoms with van der Waals surface area (Å²) in [6.45, 7) is 7.27. The molecule has 2 unspecified atom stereocenters. The minimum absolute atomic E-state index is 0.322. The first-order valence-corrected chi connectivity index (χ1v) is 7.88. The van der Waals surface area contributed by atoms with E-state index in [4.69, 9.17) is 4.74 Å². The zero-order valence-corrected chi connectivity index (χ0v) is 12.9. The number of rotatable bonds is 6. The summed E-state index contributed by atoms with van der Waals surface area (Å²) in [7, 11) is 0. The smallest absolute Gasteiger partial charge is 0.232 e. The van der Waals surface area contributed by atoms with Gasteiger partial charge in [0.25, 0.3) is 0 Å². The van der Waals surface area contributed by atoms with Crippen molar-refractivity contribution in [1.29, 1.82) is 0 Å². The Morgan fingerprint density at radius 3 is 2.80 bits per heavy atom. The standard InChI is InChI=1S/C16H27N3O/c1-4-13-6-5-7-15(8-13)20-16-11-18-14(10-19-16)9-17-12(2)3/h10-13,15,17H,4-9H2,1-3H3. The predicted octanol–water partition coefficient (Wildman–Crippen LogP) is 3.32. The molecule has 2 atom stereocenters. The van der Waals surface area contributed by atoms with Crippen LogP contribution in [-0.4, -0.2) is 22.1 Å². The lowest BCUT2D eigenvalue weighted by atomic mass is 9.85. The predicted molar refractivity (Wildman–Crippen MR) is 80.7 cm³/mol. The summed E-state index contributed by atoms with van der Waals surface area (Å²) in [6.07, 6.45) is 10.1. The summed E-state index contributed by atoms with van der Waals surface area (Å²) in [5.41, 5.74) is 0.959. The van der Waals surface area contributed by atoms with Crippen molar-refractivity contribution in [2.75, 3.05) is 0 Å². The third-order valence-electron chi connectivity index (χ3n) is 3.97. The molecule has 0 bridgehead atoms. The number of nitrogens with zero attached hydrogens (tertiary/aromatic N) is 2. The minimum atomic E-state index is 0.322. The van der Waals surface area contributed by atoms with Crippen LogP contribution in [0.4, 0.5) is 0 Å². The Morgan fingerprint density at radius 1 is 1.30 bits per heavy atom. The van der Waals surface area contributed by atoms with Crippen LogP contribution in [0.15, 0.2) is 12.4 Å². The monoisotopic (exact) mass is 277 g/mol. The van der Waals surface area contributed by atoms with E-state index in [9.17, 15) is 0 Å². The van der Waals surface area contributed by atoms with Crippen LogP contribution in [0.2, 0.25) is 0 Å². The van der Waals surface area contributed by atoms with Gasteiger partial charge in [-0.15, -0.1) is 0 Å². The van der Waals surface area contributed by atoms with Gasteiger partial charge in [0, 0.05) is 12.6 Å². The van der Waals surface area contributed by atoms with Gasteiger partial charge in [-0.25, -0.2) is 4.98 Å². The van der Waals surface area contributed by atoms with Gasteiger partial charge in [-0.1, -0.05) is 33.6 Å². The molecule has 1 aromatic heterocycles. The van der Waals surface area contributed by atoms with Gasteiger partial charge in [-0.2, -0.15) is 0 Å². The van der Waals surface area contributed by atoms with Crippen LogP contribution in [0.1, 0.15) is 58.6 Å². The Balaban J connectivity index is 1.83. The molecule has 2 rings (SSSR count). The third kappa shape index (κ3) is 4.75. The van der Waals surface area contributed by atoms with E-state index in [1.807, 2.05) is 6.20 Å². The topological polar surface area (TPSA) is 47.0 Å². The van der Waals surface area contributed by atoms with Gasteiger partial charge in [0.2, 0.25) is 5.88 Å². The second-order valence-electron chi connectivity index (χ2n) is 6.06. The van der Waals surface area contributed by atoms with Crippen molar-refractivity contribution >= 4 is 0 Å². The summed E-state index contributed by atoms with van der Waals surface area (Å²) < 4.78 is 5.97. The molecule has 1 N–H and O–H groups in total. The van der Waals surface area contributed by atoms with E-state index in [2.05, 4.69) is 36.1 Å². The first-order chi connectivity index (χ1) is 9.67. The van der Waals surface area contributed by atoms with Crippen LogP contribution in [0.3, 0.4) is 0 Å². The van der Waals surface area contributed by atoms with Crippen LogP contribution < -0.4 is 10.1 Å². The summed E-state index contributed by atoms with van der Waals surface area (Å²) in [5, 5.41) is 3.33. The van der Waals surface area contributed by atoms with Gasteiger partial charge in [0.1, 0.15) is 6.10 Å². The van der Waals surface area contributed by atoms with Gasteiger partial charge in [-0.05, 0) is 25.2 Å². The van der Waals surface area contributed by atoms with Gasteiger partial charge in [0.15, 0.2) is 0 Å². The maximum atomic E-state index is 5.97. The molecule has 0 aliphatic heterocycles. The molecule has 1 heterocycles. The van der Waals surface area contributed by atoms with Crippen molar-refractivity contribution in [3.8, 4) is 5.88 Å². The molecule has 4 nitrogen and oxygen atoms in total. The molecule has 0 spiro atoms. The lowest BCUT2D eigenvalue weighted by molar-refractivity contribution is 0.116. The molecular formula is C16H27N3O. The average molecular weight is 277 g/mol. The van der Waals surface area contributed by atoms with Gasteiger partial charge in [0.05, 0.1) is 18.1 Å². The molecule has 0 radical (unpaired) electrons. The van der Waals surface area contributed by atoms with Crippen molar-refractivity contribution in [2.24, 2.45) is 5.92 Å². The molecule has 1 aliphatic rings. The Hall–Kier alpha value is -1.16. The Bertz CT molecular complexity index is 391. The highest BCUT2D eigenvalue weighted by atomic mass is 16.5. The van der Waals surface area contributed by atoms with Crippen molar-refractivity contribution in [3.63, 3.8) is 0 Å². The Kier molecular flexibility index (Phi) is 5.77. The number of hydrogen-bond acceptors (Lipinski definition) is 4. The maximum absolute atomic E-state index is 5.97. The quantitative estimate of drug-likeness (QED) is 0.866. The van der Waals surface area contributed by atoms with Crippen LogP contribution >= 0.6 is 0 Å². The highest BCUT2D eigenvalue weighted by molar-refractivity contribution is 5.08. The summed E-state index contributed by atoms with van der Waals surface area (Å²) in [4.78, 5) is 8.78. The highest BCUT2D eigenvalue weighted by Gasteiger charge is 2.22. The minimum Gasteiger partial charge on any atom is -0.473 e. The first-order valence-electron chi connectivity index (χ1n) is 7.88. The Labute approximate surface area is 122 Å². The molecule has 0 aromatic carbocycles. The molecule has 1 fully saturated rings. The first kappa shape index (κ1) is 15.2. The van der Waals surface area contributed by atoms with E-state index in [1.54, 1.807) is 6.20 Å².